The summed E-state index contributed by atoms with van der Waals surface area (Å²) in [4.78, 5) is 20.1. The van der Waals surface area contributed by atoms with Crippen molar-refractivity contribution in [3.05, 3.63) is 0 Å². The van der Waals surface area contributed by atoms with Crippen LogP contribution in [-0.4, -0.2) is 40.9 Å². The Morgan fingerprint density at radius 1 is 1.45 bits per heavy atom. The standard InChI is InChI=1S/C11H23NO3S.CH3NO2/c1-5-6-11(4,7-13)8-15-10(14)12-16-9(2)3;2-1(3)4/h9,13H,5-8H2,1-4H3,(H,12,14);2H2,(H,3,4). The van der Waals surface area contributed by atoms with Gasteiger partial charge in [-0.15, -0.1) is 0 Å². The number of hydrogen-bond acceptors (Lipinski definition) is 5. The van der Waals surface area contributed by atoms with Gasteiger partial charge in [-0.25, -0.2) is 9.59 Å². The first-order valence-electron chi connectivity index (χ1n) is 6.34. The van der Waals surface area contributed by atoms with Gasteiger partial charge in [0.05, 0.1) is 6.61 Å². The maximum Gasteiger partial charge on any atom is 0.417 e. The molecule has 1 atom stereocenters. The Bertz CT molecular complexity index is 285. The zero-order valence-corrected chi connectivity index (χ0v) is 13.3. The topological polar surface area (TPSA) is 122 Å². The number of nitrogens with one attached hydrogen (secondary N) is 1. The van der Waals surface area contributed by atoms with Crippen molar-refractivity contribution in [3.8, 4) is 0 Å². The summed E-state index contributed by atoms with van der Waals surface area (Å²) in [5.41, 5.74) is 3.70. The summed E-state index contributed by atoms with van der Waals surface area (Å²) in [7, 11) is 0. The number of aliphatic hydroxyl groups is 1. The number of ether oxygens (including phenoxy) is 1. The van der Waals surface area contributed by atoms with E-state index in [1.807, 2.05) is 27.7 Å². The Morgan fingerprint density at radius 2 is 1.95 bits per heavy atom. The van der Waals surface area contributed by atoms with Gasteiger partial charge in [0.25, 0.3) is 0 Å². The van der Waals surface area contributed by atoms with Gasteiger partial charge in [0.15, 0.2) is 0 Å². The molecule has 120 valence electrons. The third-order valence-electron chi connectivity index (χ3n) is 2.16. The Kier molecular flexibility index (Phi) is 12.3. The van der Waals surface area contributed by atoms with Crippen molar-refractivity contribution in [1.82, 2.24) is 4.72 Å². The third kappa shape index (κ3) is 14.9. The van der Waals surface area contributed by atoms with Crippen molar-refractivity contribution >= 4 is 24.1 Å². The lowest BCUT2D eigenvalue weighted by molar-refractivity contribution is 0.0458. The fraction of sp³-hybridized carbons (Fsp3) is 0.833. The van der Waals surface area contributed by atoms with E-state index in [1.54, 1.807) is 0 Å². The SMILES string of the molecule is CCCC(C)(CO)COC(=O)NSC(C)C.NC(=O)O. The number of amides is 2. The largest absolute Gasteiger partial charge is 0.465 e. The van der Waals surface area contributed by atoms with Crippen molar-refractivity contribution < 1.29 is 24.5 Å². The summed E-state index contributed by atoms with van der Waals surface area (Å²) in [5.74, 6) is 0. The summed E-state index contributed by atoms with van der Waals surface area (Å²) in [6.07, 6.45) is 0.0335. The molecule has 0 heterocycles. The number of hydrogen-bond donors (Lipinski definition) is 4. The van der Waals surface area contributed by atoms with E-state index < -0.39 is 12.2 Å². The van der Waals surface area contributed by atoms with Crippen LogP contribution in [0.5, 0.6) is 0 Å². The maximum absolute atomic E-state index is 11.3. The predicted molar refractivity (Wildman–Crippen MR) is 79.5 cm³/mol. The molecule has 0 aromatic carbocycles. The first kappa shape index (κ1) is 21.2. The van der Waals surface area contributed by atoms with E-state index in [-0.39, 0.29) is 18.6 Å². The molecule has 7 nitrogen and oxygen atoms in total. The van der Waals surface area contributed by atoms with Crippen molar-refractivity contribution in [2.24, 2.45) is 11.1 Å². The number of nitrogens with two attached hydrogens (primary N) is 1. The second-order valence-corrected chi connectivity index (χ2v) is 6.28. The maximum atomic E-state index is 11.3. The van der Waals surface area contributed by atoms with Crippen LogP contribution < -0.4 is 10.5 Å². The second-order valence-electron chi connectivity index (χ2n) is 4.90. The van der Waals surface area contributed by atoms with Gasteiger partial charge in [-0.05, 0) is 18.4 Å². The van der Waals surface area contributed by atoms with Crippen LogP contribution in [0.15, 0.2) is 0 Å². The first-order valence-corrected chi connectivity index (χ1v) is 7.22. The second kappa shape index (κ2) is 11.7. The van der Waals surface area contributed by atoms with Gasteiger partial charge in [0.1, 0.15) is 6.61 Å². The molecule has 0 saturated heterocycles. The molecule has 0 spiro atoms. The monoisotopic (exact) mass is 310 g/mol. The number of primary amides is 1. The van der Waals surface area contributed by atoms with Crippen molar-refractivity contribution in [1.29, 1.82) is 0 Å². The zero-order chi connectivity index (χ0) is 16.2. The molecule has 0 radical (unpaired) electrons. The van der Waals surface area contributed by atoms with E-state index in [0.717, 1.165) is 12.8 Å². The molecule has 0 aliphatic heterocycles. The summed E-state index contributed by atoms with van der Waals surface area (Å²) < 4.78 is 7.66. The lowest BCUT2D eigenvalue weighted by Gasteiger charge is -2.26. The molecule has 8 heteroatoms. The highest BCUT2D eigenvalue weighted by Crippen LogP contribution is 2.22. The van der Waals surface area contributed by atoms with E-state index in [0.29, 0.717) is 5.25 Å². The molecule has 0 aliphatic rings. The molecule has 20 heavy (non-hydrogen) atoms. The van der Waals surface area contributed by atoms with E-state index in [9.17, 15) is 9.90 Å². The van der Waals surface area contributed by atoms with E-state index >= 15 is 0 Å². The fourth-order valence-electron chi connectivity index (χ4n) is 1.24. The number of rotatable bonds is 7. The van der Waals surface area contributed by atoms with Crippen LogP contribution in [0.25, 0.3) is 0 Å². The van der Waals surface area contributed by atoms with Crippen LogP contribution in [0.2, 0.25) is 0 Å². The minimum absolute atomic E-state index is 0.0332. The molecule has 0 saturated carbocycles. The van der Waals surface area contributed by atoms with Gasteiger partial charge < -0.3 is 20.7 Å². The van der Waals surface area contributed by atoms with Gasteiger partial charge in [0.2, 0.25) is 0 Å². The van der Waals surface area contributed by atoms with Crippen molar-refractivity contribution in [2.45, 2.75) is 45.8 Å². The van der Waals surface area contributed by atoms with Crippen LogP contribution in [0, 0.1) is 5.41 Å². The van der Waals surface area contributed by atoms with E-state index in [1.165, 1.54) is 11.9 Å². The molecular weight excluding hydrogens is 284 g/mol. The van der Waals surface area contributed by atoms with Gasteiger partial charge in [-0.3, -0.25) is 4.72 Å². The van der Waals surface area contributed by atoms with Crippen LogP contribution in [-0.2, 0) is 4.74 Å². The molecule has 2 amide bonds. The molecule has 0 bridgehead atoms. The van der Waals surface area contributed by atoms with Gasteiger partial charge in [-0.1, -0.05) is 34.1 Å². The van der Waals surface area contributed by atoms with Crippen molar-refractivity contribution in [2.75, 3.05) is 13.2 Å². The first-order chi connectivity index (χ1) is 9.16. The molecule has 0 aliphatic carbocycles. The van der Waals surface area contributed by atoms with Crippen LogP contribution in [0.1, 0.15) is 40.5 Å². The molecule has 0 aromatic rings. The quantitative estimate of drug-likeness (QED) is 0.535. The Hall–Kier alpha value is -1.15. The Labute approximate surface area is 124 Å². The lowest BCUT2D eigenvalue weighted by atomic mass is 9.88. The molecule has 1 unspecified atom stereocenters. The third-order valence-corrected chi connectivity index (χ3v) is 2.92. The predicted octanol–water partition coefficient (Wildman–Crippen LogP) is 2.19. The average molecular weight is 310 g/mol. The minimum Gasteiger partial charge on any atom is -0.465 e. The van der Waals surface area contributed by atoms with Gasteiger partial charge in [0, 0.05) is 10.7 Å². The normalized spacial score (nSPS) is 12.9. The van der Waals surface area contributed by atoms with Crippen LogP contribution in [0.4, 0.5) is 9.59 Å². The Morgan fingerprint density at radius 3 is 2.30 bits per heavy atom. The number of carbonyl (C=O) groups is 2. The smallest absolute Gasteiger partial charge is 0.417 e. The summed E-state index contributed by atoms with van der Waals surface area (Å²) in [6.45, 7) is 8.22. The summed E-state index contributed by atoms with van der Waals surface area (Å²) in [6, 6.07) is 0. The molecule has 5 N–H and O–H groups in total. The Balaban J connectivity index is 0. The molecule has 0 fully saturated rings. The number of carbonyl (C=O) groups excluding carboxylic acids is 1. The molecular formula is C12H26N2O5S. The molecule has 0 aromatic heterocycles. The minimum atomic E-state index is -1.33. The molecule has 0 rings (SSSR count). The lowest BCUT2D eigenvalue weighted by Crippen LogP contribution is -2.31. The van der Waals surface area contributed by atoms with Gasteiger partial charge >= 0.3 is 12.2 Å². The highest BCUT2D eigenvalue weighted by Gasteiger charge is 2.24. The van der Waals surface area contributed by atoms with Crippen LogP contribution >= 0.6 is 11.9 Å². The van der Waals surface area contributed by atoms with Crippen LogP contribution in [0.3, 0.4) is 0 Å². The number of aliphatic hydroxyl groups excluding tert-OH is 1. The van der Waals surface area contributed by atoms with Gasteiger partial charge in [-0.2, -0.15) is 0 Å². The zero-order valence-electron chi connectivity index (χ0n) is 12.5. The average Bonchev–Trinajstić information content (AvgIpc) is 2.33. The van der Waals surface area contributed by atoms with E-state index in [4.69, 9.17) is 14.6 Å². The summed E-state index contributed by atoms with van der Waals surface area (Å²) >= 11 is 1.32. The number of carboxylic acid groups (broad SMARTS) is 1. The summed E-state index contributed by atoms with van der Waals surface area (Å²) in [5, 5.41) is 16.8. The van der Waals surface area contributed by atoms with Crippen molar-refractivity contribution in [3.63, 3.8) is 0 Å². The highest BCUT2D eigenvalue weighted by atomic mass is 32.2. The fourth-order valence-corrected chi connectivity index (χ4v) is 1.63. The van der Waals surface area contributed by atoms with E-state index in [2.05, 4.69) is 10.5 Å². The highest BCUT2D eigenvalue weighted by molar-refractivity contribution is 7.98.